The molecule has 0 atom stereocenters. The van der Waals surface area contributed by atoms with E-state index in [9.17, 15) is 10.2 Å². The van der Waals surface area contributed by atoms with Crippen molar-refractivity contribution in [2.75, 3.05) is 13.1 Å². The summed E-state index contributed by atoms with van der Waals surface area (Å²) in [5.74, 6) is 0.360. The van der Waals surface area contributed by atoms with Crippen molar-refractivity contribution in [2.45, 2.75) is 29.6 Å². The zero-order valence-corrected chi connectivity index (χ0v) is 18.0. The normalized spacial score (nSPS) is 20.6. The highest BCUT2D eigenvalue weighted by Crippen LogP contribution is 2.61. The third kappa shape index (κ3) is 2.48. The Bertz CT molecular complexity index is 1150. The van der Waals surface area contributed by atoms with E-state index in [1.807, 2.05) is 0 Å². The molecule has 1 saturated heterocycles. The average Bonchev–Trinajstić information content (AvgIpc) is 3.32. The van der Waals surface area contributed by atoms with Gasteiger partial charge in [0.15, 0.2) is 0 Å². The largest absolute Gasteiger partial charge is 0.508 e. The fraction of sp³-hybridized carbons (Fsp3) is 0.240. The topological polar surface area (TPSA) is 43.7 Å². The van der Waals surface area contributed by atoms with Crippen LogP contribution >= 0.6 is 24.0 Å². The Morgan fingerprint density at radius 3 is 1.87 bits per heavy atom. The molecule has 3 aromatic rings. The first-order valence-corrected chi connectivity index (χ1v) is 11.6. The molecule has 0 aromatic heterocycles. The summed E-state index contributed by atoms with van der Waals surface area (Å²) in [6, 6.07) is 18.5. The summed E-state index contributed by atoms with van der Waals surface area (Å²) in [6.07, 6.45) is 2.30. The van der Waals surface area contributed by atoms with Gasteiger partial charge in [-0.2, -0.15) is 0 Å². The van der Waals surface area contributed by atoms with Crippen LogP contribution in [0.2, 0.25) is 0 Å². The molecule has 2 bridgehead atoms. The monoisotopic (exact) mass is 431 g/mol. The molecule has 5 heteroatoms. The lowest BCUT2D eigenvalue weighted by molar-refractivity contribution is 0.429. The van der Waals surface area contributed by atoms with Gasteiger partial charge in [0, 0.05) is 36.1 Å². The van der Waals surface area contributed by atoms with E-state index in [1.165, 1.54) is 34.0 Å². The summed E-state index contributed by atoms with van der Waals surface area (Å²) in [7, 11) is 0. The number of thiocarbonyl (C=S) groups is 1. The number of aromatic hydroxyl groups is 2. The fourth-order valence-electron chi connectivity index (χ4n) is 5.43. The lowest BCUT2D eigenvalue weighted by atomic mass is 9.60. The molecule has 1 heterocycles. The van der Waals surface area contributed by atoms with Crippen LogP contribution in [0.25, 0.3) is 0 Å². The van der Waals surface area contributed by atoms with E-state index in [0.717, 1.165) is 41.4 Å². The van der Waals surface area contributed by atoms with Crippen molar-refractivity contribution in [3.8, 4) is 11.5 Å². The first-order chi connectivity index (χ1) is 14.6. The zero-order chi connectivity index (χ0) is 20.4. The van der Waals surface area contributed by atoms with E-state index < -0.39 is 0 Å². The molecular formula is C25H21NO2S2. The number of rotatable bonds is 1. The smallest absolute Gasteiger partial charge is 0.141 e. The van der Waals surface area contributed by atoms with Gasteiger partial charge in [0.25, 0.3) is 0 Å². The van der Waals surface area contributed by atoms with Crippen LogP contribution in [0.5, 0.6) is 11.5 Å². The van der Waals surface area contributed by atoms with Crippen molar-refractivity contribution >= 4 is 28.3 Å². The minimum absolute atomic E-state index is 0.0621. The van der Waals surface area contributed by atoms with Crippen molar-refractivity contribution in [1.82, 2.24) is 4.90 Å². The molecule has 4 aliphatic rings. The summed E-state index contributed by atoms with van der Waals surface area (Å²) in [5, 5.41) is 22.5. The number of thioether (sulfide) groups is 1. The van der Waals surface area contributed by atoms with Gasteiger partial charge < -0.3 is 15.1 Å². The first kappa shape index (κ1) is 18.3. The number of hydrogen-bond acceptors (Lipinski definition) is 4. The second kappa shape index (κ2) is 6.76. The number of nitrogens with zero attached hydrogens (tertiary/aromatic N) is 1. The number of benzene rings is 3. The molecule has 150 valence electrons. The molecule has 30 heavy (non-hydrogen) atoms. The molecule has 2 N–H and O–H groups in total. The van der Waals surface area contributed by atoms with Crippen LogP contribution in [-0.2, 0) is 0 Å². The van der Waals surface area contributed by atoms with Crippen molar-refractivity contribution < 1.29 is 10.2 Å². The molecular weight excluding hydrogens is 410 g/mol. The third-order valence-corrected chi connectivity index (χ3v) is 8.17. The molecule has 7 rings (SSSR count). The molecule has 0 amide bonds. The molecule has 3 aliphatic carbocycles. The zero-order valence-electron chi connectivity index (χ0n) is 16.3. The van der Waals surface area contributed by atoms with E-state index in [-0.39, 0.29) is 23.3 Å². The molecule has 3 aromatic carbocycles. The minimum Gasteiger partial charge on any atom is -0.508 e. The van der Waals surface area contributed by atoms with E-state index in [4.69, 9.17) is 12.2 Å². The maximum atomic E-state index is 11.4. The van der Waals surface area contributed by atoms with Crippen LogP contribution in [-0.4, -0.2) is 32.5 Å². The highest BCUT2D eigenvalue weighted by Gasteiger charge is 2.44. The molecule has 1 fully saturated rings. The summed E-state index contributed by atoms with van der Waals surface area (Å²) >= 11 is 7.03. The van der Waals surface area contributed by atoms with Crippen LogP contribution in [0, 0.1) is 0 Å². The highest BCUT2D eigenvalue weighted by atomic mass is 32.2. The molecule has 0 radical (unpaired) electrons. The Morgan fingerprint density at radius 1 is 0.833 bits per heavy atom. The SMILES string of the molecule is Oc1cc(SC(=S)N2CCCC2)c(O)c2c1C1c3ccccc3C2c2ccccc21. The molecule has 1 aliphatic heterocycles. The second-order valence-corrected chi connectivity index (χ2v) is 9.93. The van der Waals surface area contributed by atoms with Gasteiger partial charge in [0.1, 0.15) is 15.8 Å². The van der Waals surface area contributed by atoms with Crippen molar-refractivity contribution in [3.63, 3.8) is 0 Å². The molecule has 0 spiro atoms. The van der Waals surface area contributed by atoms with Gasteiger partial charge in [0.2, 0.25) is 0 Å². The molecule has 3 nitrogen and oxygen atoms in total. The third-order valence-electron chi connectivity index (χ3n) is 6.70. The number of hydrogen-bond donors (Lipinski definition) is 2. The van der Waals surface area contributed by atoms with Crippen molar-refractivity contribution in [2.24, 2.45) is 0 Å². The standard InChI is InChI=1S/C25H21NO2S2/c27-18-13-19(30-25(29)26-11-5-6-12-26)24(28)23-21-16-9-3-1-7-14(16)20(22(18)23)15-8-2-4-10-17(15)21/h1-4,7-10,13,20-21,27-28H,5-6,11-12H2. The van der Waals surface area contributed by atoms with Gasteiger partial charge in [-0.1, -0.05) is 72.5 Å². The van der Waals surface area contributed by atoms with E-state index in [2.05, 4.69) is 53.4 Å². The van der Waals surface area contributed by atoms with Crippen LogP contribution in [0.1, 0.15) is 58.1 Å². The van der Waals surface area contributed by atoms with E-state index in [1.54, 1.807) is 6.07 Å². The van der Waals surface area contributed by atoms with Gasteiger partial charge in [-0.3, -0.25) is 0 Å². The molecule has 0 saturated carbocycles. The van der Waals surface area contributed by atoms with E-state index >= 15 is 0 Å². The lowest BCUT2D eigenvalue weighted by Gasteiger charge is -2.42. The fourth-order valence-corrected chi connectivity index (χ4v) is 6.76. The first-order valence-electron chi connectivity index (χ1n) is 10.4. The predicted octanol–water partition coefficient (Wildman–Crippen LogP) is 5.56. The Labute approximate surface area is 185 Å². The van der Waals surface area contributed by atoms with Crippen LogP contribution < -0.4 is 0 Å². The van der Waals surface area contributed by atoms with Gasteiger partial charge >= 0.3 is 0 Å². The summed E-state index contributed by atoms with van der Waals surface area (Å²) in [4.78, 5) is 2.83. The van der Waals surface area contributed by atoms with Gasteiger partial charge in [0.05, 0.1) is 4.90 Å². The number of likely N-dealkylation sites (tertiary alicyclic amines) is 1. The molecule has 0 unspecified atom stereocenters. The van der Waals surface area contributed by atoms with Crippen molar-refractivity contribution in [3.05, 3.63) is 88.0 Å². The Morgan fingerprint density at radius 2 is 1.33 bits per heavy atom. The van der Waals surface area contributed by atoms with Crippen LogP contribution in [0.4, 0.5) is 0 Å². The maximum Gasteiger partial charge on any atom is 0.141 e. The lowest BCUT2D eigenvalue weighted by Crippen LogP contribution is -2.28. The summed E-state index contributed by atoms with van der Waals surface area (Å²) in [6.45, 7) is 1.93. The van der Waals surface area contributed by atoms with Crippen LogP contribution in [0.3, 0.4) is 0 Å². The average molecular weight is 432 g/mol. The maximum absolute atomic E-state index is 11.4. The summed E-state index contributed by atoms with van der Waals surface area (Å²) < 4.78 is 0.768. The Balaban J connectivity index is 1.53. The Hall–Kier alpha value is -2.50. The number of phenolic OH excluding ortho intramolecular Hbond substituents is 2. The highest BCUT2D eigenvalue weighted by molar-refractivity contribution is 8.23. The van der Waals surface area contributed by atoms with Gasteiger partial charge in [-0.25, -0.2) is 0 Å². The predicted molar refractivity (Wildman–Crippen MR) is 124 cm³/mol. The van der Waals surface area contributed by atoms with Crippen LogP contribution in [0.15, 0.2) is 59.5 Å². The second-order valence-electron chi connectivity index (χ2n) is 8.26. The van der Waals surface area contributed by atoms with Gasteiger partial charge in [-0.15, -0.1) is 0 Å². The quantitative estimate of drug-likeness (QED) is 0.207. The minimum atomic E-state index is -0.0794. The Kier molecular flexibility index (Phi) is 4.12. The van der Waals surface area contributed by atoms with Crippen molar-refractivity contribution in [1.29, 1.82) is 0 Å². The summed E-state index contributed by atoms with van der Waals surface area (Å²) in [5.41, 5.74) is 6.54. The van der Waals surface area contributed by atoms with Gasteiger partial charge in [-0.05, 0) is 41.2 Å². The number of phenols is 2. The van der Waals surface area contributed by atoms with E-state index in [0.29, 0.717) is 4.90 Å².